The Morgan fingerprint density at radius 3 is 2.64 bits per heavy atom. The summed E-state index contributed by atoms with van der Waals surface area (Å²) in [7, 11) is 0. The van der Waals surface area contributed by atoms with Crippen molar-refractivity contribution in [2.75, 3.05) is 5.73 Å². The SMILES string of the molecule is CCc1nc(C(=O)O)c(Cl)c(N)c1C. The molecule has 0 fully saturated rings. The van der Waals surface area contributed by atoms with E-state index in [4.69, 9.17) is 22.4 Å². The van der Waals surface area contributed by atoms with E-state index in [0.29, 0.717) is 17.8 Å². The predicted molar refractivity (Wildman–Crippen MR) is 54.7 cm³/mol. The number of rotatable bonds is 2. The molecule has 1 aromatic rings. The van der Waals surface area contributed by atoms with Crippen LogP contribution in [0.15, 0.2) is 0 Å². The predicted octanol–water partition coefficient (Wildman–Crippen LogP) is 1.89. The molecule has 0 radical (unpaired) electrons. The Labute approximate surface area is 86.7 Å². The molecule has 1 aromatic heterocycles. The highest BCUT2D eigenvalue weighted by Gasteiger charge is 2.17. The highest BCUT2D eigenvalue weighted by Crippen LogP contribution is 2.27. The van der Waals surface area contributed by atoms with Crippen LogP contribution in [0.25, 0.3) is 0 Å². The van der Waals surface area contributed by atoms with Gasteiger partial charge < -0.3 is 10.8 Å². The molecule has 5 heteroatoms. The Morgan fingerprint density at radius 1 is 1.64 bits per heavy atom. The fourth-order valence-electron chi connectivity index (χ4n) is 1.20. The molecule has 76 valence electrons. The molecule has 14 heavy (non-hydrogen) atoms. The minimum absolute atomic E-state index is 0.0206. The van der Waals surface area contributed by atoms with Crippen LogP contribution in [0, 0.1) is 6.92 Å². The number of nitrogens with two attached hydrogens (primary N) is 1. The van der Waals surface area contributed by atoms with Gasteiger partial charge in [0.2, 0.25) is 0 Å². The number of nitrogens with zero attached hydrogens (tertiary/aromatic N) is 1. The van der Waals surface area contributed by atoms with Crippen LogP contribution < -0.4 is 5.73 Å². The van der Waals surface area contributed by atoms with Gasteiger partial charge in [0.05, 0.1) is 10.7 Å². The monoisotopic (exact) mass is 214 g/mol. The second-order valence-corrected chi connectivity index (χ2v) is 3.30. The molecule has 0 saturated carbocycles. The van der Waals surface area contributed by atoms with Gasteiger partial charge in [-0.2, -0.15) is 0 Å². The first-order valence-corrected chi connectivity index (χ1v) is 4.54. The molecule has 0 atom stereocenters. The van der Waals surface area contributed by atoms with E-state index < -0.39 is 5.97 Å². The summed E-state index contributed by atoms with van der Waals surface area (Å²) in [5.74, 6) is -1.16. The van der Waals surface area contributed by atoms with Crippen molar-refractivity contribution in [2.45, 2.75) is 20.3 Å². The number of halogens is 1. The van der Waals surface area contributed by atoms with Crippen LogP contribution >= 0.6 is 11.6 Å². The summed E-state index contributed by atoms with van der Waals surface area (Å²) in [4.78, 5) is 14.7. The number of pyridine rings is 1. The third-order valence-electron chi connectivity index (χ3n) is 2.07. The lowest BCUT2D eigenvalue weighted by molar-refractivity contribution is 0.0690. The van der Waals surface area contributed by atoms with Crippen LogP contribution in [-0.2, 0) is 6.42 Å². The zero-order valence-electron chi connectivity index (χ0n) is 7.97. The number of aromatic carboxylic acids is 1. The maximum Gasteiger partial charge on any atom is 0.356 e. The zero-order chi connectivity index (χ0) is 10.9. The first-order chi connectivity index (χ1) is 6.49. The molecule has 0 aliphatic rings. The molecular formula is C9H11ClN2O2. The lowest BCUT2D eigenvalue weighted by atomic mass is 10.1. The number of carbonyl (C=O) groups is 1. The van der Waals surface area contributed by atoms with Gasteiger partial charge in [-0.1, -0.05) is 18.5 Å². The Hall–Kier alpha value is -1.29. The Morgan fingerprint density at radius 2 is 2.21 bits per heavy atom. The summed E-state index contributed by atoms with van der Waals surface area (Å²) in [6.07, 6.45) is 0.632. The van der Waals surface area contributed by atoms with E-state index in [-0.39, 0.29) is 10.7 Å². The number of carboxylic acids is 1. The van der Waals surface area contributed by atoms with E-state index in [2.05, 4.69) is 4.98 Å². The molecule has 0 aliphatic carbocycles. The molecule has 3 N–H and O–H groups in total. The number of hydrogen-bond acceptors (Lipinski definition) is 3. The van der Waals surface area contributed by atoms with Crippen molar-refractivity contribution in [3.05, 3.63) is 22.0 Å². The summed E-state index contributed by atoms with van der Waals surface area (Å²) in [6, 6.07) is 0. The van der Waals surface area contributed by atoms with Gasteiger partial charge in [0.1, 0.15) is 0 Å². The van der Waals surface area contributed by atoms with Crippen molar-refractivity contribution in [2.24, 2.45) is 0 Å². The minimum atomic E-state index is -1.16. The van der Waals surface area contributed by atoms with Gasteiger partial charge in [-0.3, -0.25) is 0 Å². The van der Waals surface area contributed by atoms with Gasteiger partial charge in [-0.25, -0.2) is 9.78 Å². The van der Waals surface area contributed by atoms with Crippen LogP contribution in [0.2, 0.25) is 5.02 Å². The molecule has 0 saturated heterocycles. The number of aryl methyl sites for hydroxylation is 1. The second-order valence-electron chi connectivity index (χ2n) is 2.92. The third kappa shape index (κ3) is 1.65. The molecule has 0 aliphatic heterocycles. The second kappa shape index (κ2) is 3.84. The van der Waals surface area contributed by atoms with E-state index in [1.54, 1.807) is 6.92 Å². The molecule has 0 spiro atoms. The van der Waals surface area contributed by atoms with Gasteiger partial charge in [0.15, 0.2) is 5.69 Å². The first kappa shape index (κ1) is 10.8. The van der Waals surface area contributed by atoms with Crippen LogP contribution in [-0.4, -0.2) is 16.1 Å². The van der Waals surface area contributed by atoms with Crippen LogP contribution in [0.5, 0.6) is 0 Å². The smallest absolute Gasteiger partial charge is 0.356 e. The fraction of sp³-hybridized carbons (Fsp3) is 0.333. The number of nitrogen functional groups attached to an aromatic ring is 1. The van der Waals surface area contributed by atoms with Gasteiger partial charge in [0.25, 0.3) is 0 Å². The van der Waals surface area contributed by atoms with Gasteiger partial charge in [-0.05, 0) is 18.9 Å². The van der Waals surface area contributed by atoms with E-state index in [1.807, 2.05) is 6.92 Å². The molecular weight excluding hydrogens is 204 g/mol. The van der Waals surface area contributed by atoms with Crippen molar-refractivity contribution in [3.63, 3.8) is 0 Å². The standard InChI is InChI=1S/C9H11ClN2O2/c1-3-5-4(2)7(11)6(10)8(12-5)9(13)14/h3H2,1-2H3,(H2,11,12)(H,13,14). The van der Waals surface area contributed by atoms with Crippen LogP contribution in [0.1, 0.15) is 28.7 Å². The summed E-state index contributed by atoms with van der Waals surface area (Å²) >= 11 is 5.75. The maximum absolute atomic E-state index is 10.8. The number of hydrogen-bond donors (Lipinski definition) is 2. The van der Waals surface area contributed by atoms with Gasteiger partial charge in [0, 0.05) is 5.69 Å². The number of carboxylic acid groups (broad SMARTS) is 1. The Bertz CT molecular complexity index is 391. The summed E-state index contributed by atoms with van der Waals surface area (Å²) in [5, 5.41) is 8.82. The summed E-state index contributed by atoms with van der Waals surface area (Å²) in [6.45, 7) is 3.66. The number of anilines is 1. The molecule has 4 nitrogen and oxygen atoms in total. The maximum atomic E-state index is 10.8. The number of aromatic nitrogens is 1. The van der Waals surface area contributed by atoms with E-state index in [1.165, 1.54) is 0 Å². The largest absolute Gasteiger partial charge is 0.476 e. The Kier molecular flexibility index (Phi) is 2.96. The molecule has 1 heterocycles. The quantitative estimate of drug-likeness (QED) is 0.788. The fourth-order valence-corrected chi connectivity index (χ4v) is 1.47. The van der Waals surface area contributed by atoms with Gasteiger partial charge in [-0.15, -0.1) is 0 Å². The van der Waals surface area contributed by atoms with Gasteiger partial charge >= 0.3 is 5.97 Å². The summed E-state index contributed by atoms with van der Waals surface area (Å²) < 4.78 is 0. The molecule has 0 amide bonds. The van der Waals surface area contributed by atoms with Crippen molar-refractivity contribution < 1.29 is 9.90 Å². The third-order valence-corrected chi connectivity index (χ3v) is 2.45. The van der Waals surface area contributed by atoms with E-state index >= 15 is 0 Å². The topological polar surface area (TPSA) is 76.2 Å². The van der Waals surface area contributed by atoms with Crippen LogP contribution in [0.4, 0.5) is 5.69 Å². The highest BCUT2D eigenvalue weighted by atomic mass is 35.5. The van der Waals surface area contributed by atoms with Crippen molar-refractivity contribution in [1.82, 2.24) is 4.98 Å². The van der Waals surface area contributed by atoms with Crippen LogP contribution in [0.3, 0.4) is 0 Å². The molecule has 0 unspecified atom stereocenters. The van der Waals surface area contributed by atoms with Crippen molar-refractivity contribution in [3.8, 4) is 0 Å². The first-order valence-electron chi connectivity index (χ1n) is 4.16. The minimum Gasteiger partial charge on any atom is -0.476 e. The lowest BCUT2D eigenvalue weighted by Crippen LogP contribution is -2.09. The summed E-state index contributed by atoms with van der Waals surface area (Å²) in [5.41, 5.74) is 7.21. The van der Waals surface area contributed by atoms with E-state index in [0.717, 1.165) is 5.56 Å². The van der Waals surface area contributed by atoms with Crippen molar-refractivity contribution in [1.29, 1.82) is 0 Å². The zero-order valence-corrected chi connectivity index (χ0v) is 8.72. The normalized spacial score (nSPS) is 10.2. The molecule has 0 bridgehead atoms. The average Bonchev–Trinajstić information content (AvgIpc) is 2.14. The lowest BCUT2D eigenvalue weighted by Gasteiger charge is -2.09. The highest BCUT2D eigenvalue weighted by molar-refractivity contribution is 6.35. The molecule has 1 rings (SSSR count). The van der Waals surface area contributed by atoms with E-state index in [9.17, 15) is 4.79 Å². The molecule has 0 aromatic carbocycles. The average molecular weight is 215 g/mol. The van der Waals surface area contributed by atoms with Crippen molar-refractivity contribution >= 4 is 23.3 Å². The Balaban J connectivity index is 3.48.